The van der Waals surface area contributed by atoms with E-state index in [1.165, 1.54) is 4.88 Å². The Kier molecular flexibility index (Phi) is 2.73. The van der Waals surface area contributed by atoms with Gasteiger partial charge in [0.2, 0.25) is 0 Å². The predicted molar refractivity (Wildman–Crippen MR) is 63.6 cm³/mol. The van der Waals surface area contributed by atoms with E-state index >= 15 is 0 Å². The minimum atomic E-state index is 0.881. The highest BCUT2D eigenvalue weighted by molar-refractivity contribution is 7.15. The van der Waals surface area contributed by atoms with Crippen LogP contribution >= 0.6 is 11.3 Å². The van der Waals surface area contributed by atoms with Crippen LogP contribution < -0.4 is 4.74 Å². The van der Waals surface area contributed by atoms with Gasteiger partial charge in [-0.1, -0.05) is 12.1 Å². The van der Waals surface area contributed by atoms with Crippen molar-refractivity contribution in [1.29, 1.82) is 0 Å². The highest BCUT2D eigenvalue weighted by atomic mass is 32.1. The number of rotatable bonds is 2. The van der Waals surface area contributed by atoms with Crippen LogP contribution in [0.1, 0.15) is 10.6 Å². The minimum Gasteiger partial charge on any atom is -0.496 e. The maximum Gasteiger partial charge on any atom is 0.129 e. The lowest BCUT2D eigenvalue weighted by molar-refractivity contribution is 0.416. The molecular formula is C12H13NOS. The van der Waals surface area contributed by atoms with E-state index in [1.807, 2.05) is 31.2 Å². The molecule has 0 atom stereocenters. The first-order valence-electron chi connectivity index (χ1n) is 4.80. The van der Waals surface area contributed by atoms with Crippen LogP contribution in [0.25, 0.3) is 10.6 Å². The molecule has 3 heteroatoms. The lowest BCUT2D eigenvalue weighted by atomic mass is 10.2. The summed E-state index contributed by atoms with van der Waals surface area (Å²) in [5.74, 6) is 0.881. The van der Waals surface area contributed by atoms with Crippen molar-refractivity contribution in [3.63, 3.8) is 0 Å². The zero-order chi connectivity index (χ0) is 10.8. The summed E-state index contributed by atoms with van der Waals surface area (Å²) in [4.78, 5) is 5.79. The molecule has 1 aromatic heterocycles. The monoisotopic (exact) mass is 219 g/mol. The maximum atomic E-state index is 5.32. The van der Waals surface area contributed by atoms with Crippen LogP contribution in [-0.2, 0) is 0 Å². The smallest absolute Gasteiger partial charge is 0.129 e. The molecule has 0 radical (unpaired) electrons. The number of thiazole rings is 1. The average molecular weight is 219 g/mol. The van der Waals surface area contributed by atoms with Crippen LogP contribution in [0, 0.1) is 13.8 Å². The fourth-order valence-corrected chi connectivity index (χ4v) is 2.35. The number of aromatic nitrogens is 1. The second-order valence-electron chi connectivity index (χ2n) is 3.36. The predicted octanol–water partition coefficient (Wildman–Crippen LogP) is 3.44. The molecule has 0 bridgehead atoms. The molecule has 2 aromatic rings. The molecule has 2 nitrogen and oxygen atoms in total. The van der Waals surface area contributed by atoms with Gasteiger partial charge in [-0.15, -0.1) is 11.3 Å². The van der Waals surface area contributed by atoms with Crippen LogP contribution in [0.3, 0.4) is 0 Å². The van der Waals surface area contributed by atoms with Crippen LogP contribution in [-0.4, -0.2) is 12.1 Å². The summed E-state index contributed by atoms with van der Waals surface area (Å²) in [5, 5.41) is 1.03. The lowest BCUT2D eigenvalue weighted by Crippen LogP contribution is -1.86. The first kappa shape index (κ1) is 10.2. The van der Waals surface area contributed by atoms with Gasteiger partial charge in [0.05, 0.1) is 18.4 Å². The first-order chi connectivity index (χ1) is 7.22. The standard InChI is InChI=1S/C12H13NOS/c1-8-9(2)15-12(13-8)10-6-4-5-7-11(10)14-3/h4-7H,1-3H3. The molecule has 1 aromatic carbocycles. The van der Waals surface area contributed by atoms with E-state index in [0.717, 1.165) is 22.0 Å². The summed E-state index contributed by atoms with van der Waals surface area (Å²) < 4.78 is 5.32. The third-order valence-electron chi connectivity index (χ3n) is 2.37. The Morgan fingerprint density at radius 1 is 1.20 bits per heavy atom. The molecule has 0 aliphatic rings. The molecule has 1 heterocycles. The number of para-hydroxylation sites is 1. The van der Waals surface area contributed by atoms with E-state index in [2.05, 4.69) is 11.9 Å². The number of hydrogen-bond donors (Lipinski definition) is 0. The summed E-state index contributed by atoms with van der Waals surface area (Å²) in [6.45, 7) is 4.12. The van der Waals surface area contributed by atoms with Gasteiger partial charge in [-0.3, -0.25) is 0 Å². The van der Waals surface area contributed by atoms with Gasteiger partial charge in [0.1, 0.15) is 10.8 Å². The number of aryl methyl sites for hydroxylation is 2. The van der Waals surface area contributed by atoms with E-state index in [-0.39, 0.29) is 0 Å². The molecule has 0 spiro atoms. The summed E-state index contributed by atoms with van der Waals surface area (Å²) in [7, 11) is 1.69. The normalized spacial score (nSPS) is 10.3. The van der Waals surface area contributed by atoms with Crippen molar-refractivity contribution in [3.8, 4) is 16.3 Å². The molecular weight excluding hydrogens is 206 g/mol. The summed E-state index contributed by atoms with van der Waals surface area (Å²) in [5.41, 5.74) is 2.17. The number of ether oxygens (including phenoxy) is 1. The SMILES string of the molecule is COc1ccccc1-c1nc(C)c(C)s1. The van der Waals surface area contributed by atoms with Gasteiger partial charge in [0, 0.05) is 4.88 Å². The molecule has 0 aliphatic carbocycles. The van der Waals surface area contributed by atoms with Crippen molar-refractivity contribution in [2.24, 2.45) is 0 Å². The molecule has 0 saturated carbocycles. The average Bonchev–Trinajstić information content (AvgIpc) is 2.59. The Hall–Kier alpha value is -1.35. The molecule has 0 aliphatic heterocycles. The molecule has 15 heavy (non-hydrogen) atoms. The second kappa shape index (κ2) is 4.03. The lowest BCUT2D eigenvalue weighted by Gasteiger charge is -2.04. The number of methoxy groups -OCH3 is 1. The Morgan fingerprint density at radius 2 is 1.93 bits per heavy atom. The molecule has 2 rings (SSSR count). The van der Waals surface area contributed by atoms with Gasteiger partial charge >= 0.3 is 0 Å². The summed E-state index contributed by atoms with van der Waals surface area (Å²) in [6, 6.07) is 7.97. The highest BCUT2D eigenvalue weighted by Gasteiger charge is 2.10. The zero-order valence-corrected chi connectivity index (χ0v) is 9.89. The van der Waals surface area contributed by atoms with Crippen LogP contribution in [0.4, 0.5) is 0 Å². The van der Waals surface area contributed by atoms with Crippen LogP contribution in [0.5, 0.6) is 5.75 Å². The topological polar surface area (TPSA) is 22.1 Å². The summed E-state index contributed by atoms with van der Waals surface area (Å²) >= 11 is 1.71. The molecule has 0 unspecified atom stereocenters. The van der Waals surface area contributed by atoms with E-state index in [0.29, 0.717) is 0 Å². The Labute approximate surface area is 93.6 Å². The second-order valence-corrected chi connectivity index (χ2v) is 4.56. The van der Waals surface area contributed by atoms with Gasteiger partial charge in [-0.05, 0) is 26.0 Å². The first-order valence-corrected chi connectivity index (χ1v) is 5.61. The molecule has 78 valence electrons. The fourth-order valence-electron chi connectivity index (χ4n) is 1.41. The van der Waals surface area contributed by atoms with Crippen LogP contribution in [0.15, 0.2) is 24.3 Å². The number of benzene rings is 1. The number of hydrogen-bond acceptors (Lipinski definition) is 3. The van der Waals surface area contributed by atoms with Crippen molar-refractivity contribution in [2.75, 3.05) is 7.11 Å². The molecule has 0 saturated heterocycles. The van der Waals surface area contributed by atoms with E-state index < -0.39 is 0 Å². The van der Waals surface area contributed by atoms with Gasteiger partial charge in [-0.2, -0.15) is 0 Å². The van der Waals surface area contributed by atoms with Gasteiger partial charge < -0.3 is 4.74 Å². The Morgan fingerprint density at radius 3 is 2.53 bits per heavy atom. The maximum absolute atomic E-state index is 5.32. The molecule has 0 fully saturated rings. The fraction of sp³-hybridized carbons (Fsp3) is 0.250. The minimum absolute atomic E-state index is 0.881. The van der Waals surface area contributed by atoms with Crippen molar-refractivity contribution in [1.82, 2.24) is 4.98 Å². The highest BCUT2D eigenvalue weighted by Crippen LogP contribution is 2.33. The largest absolute Gasteiger partial charge is 0.496 e. The third-order valence-corrected chi connectivity index (χ3v) is 3.47. The van der Waals surface area contributed by atoms with Crippen molar-refractivity contribution >= 4 is 11.3 Å². The Bertz CT molecular complexity index is 457. The van der Waals surface area contributed by atoms with Gasteiger partial charge in [0.25, 0.3) is 0 Å². The number of nitrogens with zero attached hydrogens (tertiary/aromatic N) is 1. The zero-order valence-electron chi connectivity index (χ0n) is 9.07. The van der Waals surface area contributed by atoms with Crippen molar-refractivity contribution in [3.05, 3.63) is 34.8 Å². The van der Waals surface area contributed by atoms with Crippen LogP contribution in [0.2, 0.25) is 0 Å². The van der Waals surface area contributed by atoms with Gasteiger partial charge in [0.15, 0.2) is 0 Å². The van der Waals surface area contributed by atoms with E-state index in [4.69, 9.17) is 4.74 Å². The Balaban J connectivity index is 2.53. The summed E-state index contributed by atoms with van der Waals surface area (Å²) in [6.07, 6.45) is 0. The quantitative estimate of drug-likeness (QED) is 0.772. The van der Waals surface area contributed by atoms with Crippen molar-refractivity contribution < 1.29 is 4.74 Å². The van der Waals surface area contributed by atoms with E-state index in [1.54, 1.807) is 18.4 Å². The van der Waals surface area contributed by atoms with Crippen molar-refractivity contribution in [2.45, 2.75) is 13.8 Å². The molecule has 0 amide bonds. The molecule has 0 N–H and O–H groups in total. The van der Waals surface area contributed by atoms with E-state index in [9.17, 15) is 0 Å². The van der Waals surface area contributed by atoms with Gasteiger partial charge in [-0.25, -0.2) is 4.98 Å². The third kappa shape index (κ3) is 1.88.